The first kappa shape index (κ1) is 29.4. The lowest BCUT2D eigenvalue weighted by molar-refractivity contribution is -0.181. The summed E-state index contributed by atoms with van der Waals surface area (Å²) >= 11 is 0. The summed E-state index contributed by atoms with van der Waals surface area (Å²) in [4.78, 5) is 68.4. The topological polar surface area (TPSA) is 155 Å². The number of hydrogen-bond donors (Lipinski definition) is 3. The standard InChI is InChI=1S/C34H38N2O7/c1-16-5-4-6-19(16)13-17-7-9-18(10-8-17)21-11-12-24(37)26-22(21)14-20-15-23-28(36(2)3)30(39)27(33(35)42)32(41)34(23,43)31(40)25(20)29(26)38/h7-12,16,19-20,23,25,27-28,37,43H,4-6,13-15H2,1-3H3,(H2,35,42). The molecule has 0 aromatic heterocycles. The average Bonchev–Trinajstić information content (AvgIpc) is 3.35. The Balaban J connectivity index is 1.38. The second-order valence-electron chi connectivity index (χ2n) is 13.3. The first-order valence-corrected chi connectivity index (χ1v) is 15.1. The minimum absolute atomic E-state index is 0.00736. The van der Waals surface area contributed by atoms with E-state index in [1.807, 2.05) is 12.1 Å². The van der Waals surface area contributed by atoms with E-state index in [-0.39, 0.29) is 24.2 Å². The van der Waals surface area contributed by atoms with Crippen molar-refractivity contribution >= 4 is 29.0 Å². The third-order valence-electron chi connectivity index (χ3n) is 10.7. The number of phenols is 1. The van der Waals surface area contributed by atoms with Gasteiger partial charge < -0.3 is 15.9 Å². The van der Waals surface area contributed by atoms with Gasteiger partial charge in [0.25, 0.3) is 0 Å². The number of Topliss-reactive ketones (excluding diaryl/α,β-unsaturated/α-hetero) is 4. The lowest BCUT2D eigenvalue weighted by atomic mass is 9.52. The van der Waals surface area contributed by atoms with Gasteiger partial charge in [-0.15, -0.1) is 0 Å². The Kier molecular flexibility index (Phi) is 7.17. The molecule has 9 heteroatoms. The van der Waals surface area contributed by atoms with E-state index >= 15 is 0 Å². The van der Waals surface area contributed by atoms with Crippen LogP contribution in [-0.2, 0) is 32.0 Å². The van der Waals surface area contributed by atoms with Crippen LogP contribution in [0.4, 0.5) is 0 Å². The Morgan fingerprint density at radius 1 is 1.02 bits per heavy atom. The summed E-state index contributed by atoms with van der Waals surface area (Å²) in [5.41, 5.74) is 6.16. The SMILES string of the molecule is CC1CCCC1Cc1ccc(-c2ccc(O)c3c2CC2CC4C(N(C)C)C(=O)C(C(N)=O)C(=O)C4(O)C(=O)C2C3=O)cc1. The molecule has 226 valence electrons. The Bertz CT molecular complexity index is 1550. The summed E-state index contributed by atoms with van der Waals surface area (Å²) in [6, 6.07) is 10.3. The van der Waals surface area contributed by atoms with Crippen molar-refractivity contribution in [2.24, 2.45) is 41.2 Å². The Labute approximate surface area is 250 Å². The van der Waals surface area contributed by atoms with Gasteiger partial charge in [0.2, 0.25) is 5.91 Å². The highest BCUT2D eigenvalue weighted by molar-refractivity contribution is 6.32. The molecule has 3 saturated carbocycles. The number of rotatable bonds is 5. The molecule has 0 radical (unpaired) electrons. The Hall–Kier alpha value is -3.69. The molecule has 4 N–H and O–H groups in total. The minimum atomic E-state index is -2.73. The predicted molar refractivity (Wildman–Crippen MR) is 157 cm³/mol. The van der Waals surface area contributed by atoms with Crippen molar-refractivity contribution in [3.63, 3.8) is 0 Å². The van der Waals surface area contributed by atoms with Crippen LogP contribution in [0.5, 0.6) is 5.75 Å². The van der Waals surface area contributed by atoms with Gasteiger partial charge in [-0.2, -0.15) is 0 Å². The molecule has 0 aliphatic heterocycles. The van der Waals surface area contributed by atoms with Gasteiger partial charge in [0, 0.05) is 5.92 Å². The zero-order chi connectivity index (χ0) is 31.0. The molecule has 0 heterocycles. The van der Waals surface area contributed by atoms with E-state index in [2.05, 4.69) is 19.1 Å². The van der Waals surface area contributed by atoms with Crippen LogP contribution in [0.25, 0.3) is 11.1 Å². The van der Waals surface area contributed by atoms with Crippen molar-refractivity contribution in [2.45, 2.75) is 57.1 Å². The maximum atomic E-state index is 14.0. The number of benzene rings is 2. The molecule has 0 saturated heterocycles. The molecule has 3 fully saturated rings. The van der Waals surface area contributed by atoms with Crippen LogP contribution in [0.1, 0.15) is 54.1 Å². The highest BCUT2D eigenvalue weighted by Gasteiger charge is 2.69. The number of nitrogens with zero attached hydrogens (tertiary/aromatic N) is 1. The van der Waals surface area contributed by atoms with Crippen molar-refractivity contribution in [3.05, 3.63) is 53.1 Å². The monoisotopic (exact) mass is 586 g/mol. The van der Waals surface area contributed by atoms with Gasteiger partial charge in [-0.3, -0.25) is 28.9 Å². The van der Waals surface area contributed by atoms with Crippen molar-refractivity contribution in [3.8, 4) is 16.9 Å². The lowest BCUT2D eigenvalue weighted by Gasteiger charge is -2.52. The quantitative estimate of drug-likeness (QED) is 0.452. The van der Waals surface area contributed by atoms with Crippen LogP contribution >= 0.6 is 0 Å². The van der Waals surface area contributed by atoms with Crippen LogP contribution in [0.2, 0.25) is 0 Å². The molecule has 0 spiro atoms. The zero-order valence-corrected chi connectivity index (χ0v) is 24.7. The van der Waals surface area contributed by atoms with Gasteiger partial charge in [0.05, 0.1) is 17.5 Å². The summed E-state index contributed by atoms with van der Waals surface area (Å²) in [6.45, 7) is 2.31. The number of carbonyl (C=O) groups is 5. The Morgan fingerprint density at radius 3 is 2.33 bits per heavy atom. The number of likely N-dealkylation sites (N-methyl/N-ethyl adjacent to an activating group) is 1. The molecule has 43 heavy (non-hydrogen) atoms. The molecule has 2 aromatic carbocycles. The van der Waals surface area contributed by atoms with Crippen LogP contribution in [0, 0.1) is 35.5 Å². The molecule has 8 atom stereocenters. The number of fused-ring (bicyclic) bond motifs is 3. The van der Waals surface area contributed by atoms with E-state index in [4.69, 9.17) is 5.73 Å². The number of primary amides is 1. The lowest BCUT2D eigenvalue weighted by Crippen LogP contribution is -2.74. The minimum Gasteiger partial charge on any atom is -0.507 e. The average molecular weight is 587 g/mol. The molecule has 0 bridgehead atoms. The second-order valence-corrected chi connectivity index (χ2v) is 13.3. The van der Waals surface area contributed by atoms with E-state index in [1.54, 1.807) is 20.2 Å². The van der Waals surface area contributed by atoms with Crippen molar-refractivity contribution in [1.29, 1.82) is 0 Å². The normalized spacial score (nSPS) is 33.7. The van der Waals surface area contributed by atoms with Crippen molar-refractivity contribution < 1.29 is 34.2 Å². The first-order valence-electron chi connectivity index (χ1n) is 15.1. The second kappa shape index (κ2) is 10.5. The van der Waals surface area contributed by atoms with Gasteiger partial charge in [0.1, 0.15) is 5.75 Å². The van der Waals surface area contributed by atoms with E-state index < -0.39 is 64.4 Å². The summed E-state index contributed by atoms with van der Waals surface area (Å²) in [5, 5.41) is 22.6. The fourth-order valence-corrected chi connectivity index (χ4v) is 8.52. The number of amides is 1. The summed E-state index contributed by atoms with van der Waals surface area (Å²) in [5.74, 6) is -9.01. The molecule has 4 aliphatic rings. The molecule has 9 nitrogen and oxygen atoms in total. The fourth-order valence-electron chi connectivity index (χ4n) is 8.52. The number of phenolic OH excluding ortho intramolecular Hbond substituents is 1. The molecular formula is C34H38N2O7. The number of nitrogens with two attached hydrogens (primary N) is 1. The third-order valence-corrected chi connectivity index (χ3v) is 10.7. The fraction of sp³-hybridized carbons (Fsp3) is 0.500. The number of carbonyl (C=O) groups excluding carboxylic acids is 5. The highest BCUT2D eigenvalue weighted by atomic mass is 16.3. The maximum Gasteiger partial charge on any atom is 0.235 e. The van der Waals surface area contributed by atoms with Gasteiger partial charge in [-0.25, -0.2) is 0 Å². The number of aromatic hydroxyl groups is 1. The van der Waals surface area contributed by atoms with Crippen molar-refractivity contribution in [2.75, 3.05) is 14.1 Å². The molecular weight excluding hydrogens is 548 g/mol. The molecule has 8 unspecified atom stereocenters. The smallest absolute Gasteiger partial charge is 0.235 e. The van der Waals surface area contributed by atoms with Crippen LogP contribution in [0.15, 0.2) is 36.4 Å². The molecule has 2 aromatic rings. The molecule has 1 amide bonds. The van der Waals surface area contributed by atoms with Gasteiger partial charge in [-0.1, -0.05) is 50.1 Å². The molecule has 4 aliphatic carbocycles. The van der Waals surface area contributed by atoms with E-state index in [0.29, 0.717) is 17.4 Å². The summed E-state index contributed by atoms with van der Waals surface area (Å²) in [7, 11) is 3.14. The summed E-state index contributed by atoms with van der Waals surface area (Å²) in [6.07, 6.45) is 5.05. The van der Waals surface area contributed by atoms with Crippen LogP contribution in [-0.4, -0.2) is 69.9 Å². The number of aliphatic hydroxyl groups is 1. The third kappa shape index (κ3) is 4.39. The first-order chi connectivity index (χ1) is 20.4. The van der Waals surface area contributed by atoms with Crippen LogP contribution < -0.4 is 5.73 Å². The van der Waals surface area contributed by atoms with Crippen LogP contribution in [0.3, 0.4) is 0 Å². The zero-order valence-electron chi connectivity index (χ0n) is 24.7. The largest absolute Gasteiger partial charge is 0.507 e. The Morgan fingerprint density at radius 2 is 1.72 bits per heavy atom. The van der Waals surface area contributed by atoms with Gasteiger partial charge in [0.15, 0.2) is 34.7 Å². The number of ketones is 4. The molecule has 6 rings (SSSR count). The summed E-state index contributed by atoms with van der Waals surface area (Å²) < 4.78 is 0. The van der Waals surface area contributed by atoms with Gasteiger partial charge in [-0.05, 0) is 85.9 Å². The van der Waals surface area contributed by atoms with Crippen molar-refractivity contribution in [1.82, 2.24) is 4.90 Å². The van der Waals surface area contributed by atoms with E-state index in [1.165, 1.54) is 35.8 Å². The highest BCUT2D eigenvalue weighted by Crippen LogP contribution is 2.51. The maximum absolute atomic E-state index is 14.0. The van der Waals surface area contributed by atoms with Gasteiger partial charge >= 0.3 is 0 Å². The van der Waals surface area contributed by atoms with E-state index in [9.17, 15) is 34.2 Å². The predicted octanol–water partition coefficient (Wildman–Crippen LogP) is 2.51. The number of hydrogen-bond acceptors (Lipinski definition) is 8. The van der Waals surface area contributed by atoms with E-state index in [0.717, 1.165) is 17.5 Å².